The van der Waals surface area contributed by atoms with Crippen molar-refractivity contribution in [1.82, 2.24) is 5.32 Å². The molecule has 1 aromatic carbocycles. The molecular formula is C19H28NO2. The highest BCUT2D eigenvalue weighted by Crippen LogP contribution is 2.08. The van der Waals surface area contributed by atoms with E-state index in [1.54, 1.807) is 0 Å². The highest BCUT2D eigenvalue weighted by molar-refractivity contribution is 5.79. The van der Waals surface area contributed by atoms with Gasteiger partial charge in [0.1, 0.15) is 0 Å². The zero-order valence-corrected chi connectivity index (χ0v) is 13.6. The second kappa shape index (κ2) is 12.0. The molecule has 1 N–H and O–H groups in total. The number of carbonyl (C=O) groups is 1. The van der Waals surface area contributed by atoms with Crippen molar-refractivity contribution in [2.75, 3.05) is 0 Å². The number of hydrogen-bond acceptors (Lipinski definition) is 2. The van der Waals surface area contributed by atoms with Gasteiger partial charge in [0.25, 0.3) is 0 Å². The van der Waals surface area contributed by atoms with E-state index in [-0.39, 0.29) is 5.91 Å². The van der Waals surface area contributed by atoms with E-state index in [1.807, 2.05) is 36.6 Å². The van der Waals surface area contributed by atoms with Crippen LogP contribution in [0.25, 0.3) is 0 Å². The molecule has 0 fully saturated rings. The van der Waals surface area contributed by atoms with Crippen LogP contribution >= 0.6 is 0 Å². The predicted molar refractivity (Wildman–Crippen MR) is 90.4 cm³/mol. The van der Waals surface area contributed by atoms with Crippen LogP contribution in [0.2, 0.25) is 0 Å². The Morgan fingerprint density at radius 3 is 2.32 bits per heavy atom. The molecule has 1 aromatic rings. The van der Waals surface area contributed by atoms with E-state index in [1.165, 1.54) is 32.1 Å². The Morgan fingerprint density at radius 1 is 1.05 bits per heavy atom. The fraction of sp³-hybridized carbons (Fsp3) is 0.579. The van der Waals surface area contributed by atoms with E-state index in [0.29, 0.717) is 12.8 Å². The van der Waals surface area contributed by atoms with Gasteiger partial charge in [0, 0.05) is 12.8 Å². The van der Waals surface area contributed by atoms with E-state index in [9.17, 15) is 9.59 Å². The van der Waals surface area contributed by atoms with Crippen LogP contribution in [0.3, 0.4) is 0 Å². The van der Waals surface area contributed by atoms with E-state index in [2.05, 4.69) is 12.2 Å². The summed E-state index contributed by atoms with van der Waals surface area (Å²) in [5, 5.41) is 2.76. The minimum atomic E-state index is -0.542. The fourth-order valence-corrected chi connectivity index (χ4v) is 2.48. The topological polar surface area (TPSA) is 46.2 Å². The molecule has 1 atom stereocenters. The Balaban J connectivity index is 2.15. The quantitative estimate of drug-likeness (QED) is 0.594. The molecule has 0 spiro atoms. The largest absolute Gasteiger partial charge is 0.345 e. The molecule has 1 radical (unpaired) electrons. The van der Waals surface area contributed by atoms with Crippen molar-refractivity contribution in [3.8, 4) is 0 Å². The summed E-state index contributed by atoms with van der Waals surface area (Å²) in [6.07, 6.45) is 11.2. The highest BCUT2D eigenvalue weighted by Gasteiger charge is 2.12. The summed E-state index contributed by atoms with van der Waals surface area (Å²) in [7, 11) is 0. The van der Waals surface area contributed by atoms with Gasteiger partial charge in [-0.2, -0.15) is 0 Å². The molecule has 0 saturated carbocycles. The van der Waals surface area contributed by atoms with Crippen molar-refractivity contribution < 1.29 is 9.59 Å². The third-order valence-corrected chi connectivity index (χ3v) is 3.77. The normalized spacial score (nSPS) is 11.9. The Hall–Kier alpha value is -1.64. The second-order valence-corrected chi connectivity index (χ2v) is 5.80. The van der Waals surface area contributed by atoms with Gasteiger partial charge in [-0.3, -0.25) is 9.59 Å². The standard InChI is InChI=1S/C19H28NO2/c1-2-3-4-5-6-7-11-14-19(22)20-18(16-21)15-17-12-9-8-10-13-17/h8-10,12-13,18H,2-7,11,14-15H2,1H3,(H,20,22). The zero-order chi connectivity index (χ0) is 16.0. The van der Waals surface area contributed by atoms with Crippen molar-refractivity contribution in [2.45, 2.75) is 70.8 Å². The molecule has 22 heavy (non-hydrogen) atoms. The van der Waals surface area contributed by atoms with Crippen LogP contribution in [-0.2, 0) is 16.0 Å². The summed E-state index contributed by atoms with van der Waals surface area (Å²) in [4.78, 5) is 22.8. The molecule has 3 heteroatoms. The van der Waals surface area contributed by atoms with Gasteiger partial charge in [0.05, 0.1) is 6.04 Å². The first-order valence-electron chi connectivity index (χ1n) is 8.47. The van der Waals surface area contributed by atoms with E-state index in [0.717, 1.165) is 18.4 Å². The number of benzene rings is 1. The molecule has 0 aromatic heterocycles. The van der Waals surface area contributed by atoms with Gasteiger partial charge in [-0.05, 0) is 12.0 Å². The second-order valence-electron chi connectivity index (χ2n) is 5.80. The average Bonchev–Trinajstić information content (AvgIpc) is 2.54. The maximum atomic E-state index is 11.8. The molecule has 0 heterocycles. The predicted octanol–water partition coefficient (Wildman–Crippen LogP) is 3.96. The number of unbranched alkanes of at least 4 members (excludes halogenated alkanes) is 6. The van der Waals surface area contributed by atoms with Crippen LogP contribution in [0, 0.1) is 0 Å². The smallest absolute Gasteiger partial charge is 0.223 e. The molecule has 0 bridgehead atoms. The summed E-state index contributed by atoms with van der Waals surface area (Å²) in [5.74, 6) is -0.0437. The van der Waals surface area contributed by atoms with Gasteiger partial charge in [0.15, 0.2) is 0 Å². The molecule has 1 rings (SSSR count). The van der Waals surface area contributed by atoms with Crippen molar-refractivity contribution in [2.24, 2.45) is 0 Å². The Morgan fingerprint density at radius 2 is 1.68 bits per heavy atom. The van der Waals surface area contributed by atoms with Crippen LogP contribution in [0.5, 0.6) is 0 Å². The minimum Gasteiger partial charge on any atom is -0.345 e. The molecule has 0 aliphatic carbocycles. The maximum absolute atomic E-state index is 11.8. The molecule has 0 saturated heterocycles. The van der Waals surface area contributed by atoms with Gasteiger partial charge in [-0.25, -0.2) is 0 Å². The minimum absolute atomic E-state index is 0.0437. The Labute approximate surface area is 134 Å². The van der Waals surface area contributed by atoms with Crippen molar-refractivity contribution in [1.29, 1.82) is 0 Å². The first kappa shape index (κ1) is 18.4. The van der Waals surface area contributed by atoms with Gasteiger partial charge in [-0.15, -0.1) is 0 Å². The lowest BCUT2D eigenvalue weighted by Crippen LogP contribution is -2.37. The molecule has 1 unspecified atom stereocenters. The molecule has 121 valence electrons. The summed E-state index contributed by atoms with van der Waals surface area (Å²) in [6.45, 7) is 2.21. The third kappa shape index (κ3) is 8.60. The average molecular weight is 302 g/mol. The SMILES string of the molecule is CCCCCCCCCC(=O)NC([C]=O)Cc1ccccc1. The van der Waals surface area contributed by atoms with E-state index < -0.39 is 6.04 Å². The van der Waals surface area contributed by atoms with Crippen LogP contribution < -0.4 is 5.32 Å². The number of nitrogens with one attached hydrogen (secondary N) is 1. The summed E-state index contributed by atoms with van der Waals surface area (Å²) in [5.41, 5.74) is 1.03. The highest BCUT2D eigenvalue weighted by atomic mass is 16.2. The van der Waals surface area contributed by atoms with Crippen molar-refractivity contribution >= 4 is 12.2 Å². The number of amides is 1. The van der Waals surface area contributed by atoms with Crippen LogP contribution in [0.4, 0.5) is 0 Å². The Bertz CT molecular complexity index is 417. The molecule has 1 amide bonds. The molecule has 0 aliphatic heterocycles. The zero-order valence-electron chi connectivity index (χ0n) is 13.6. The Kier molecular flexibility index (Phi) is 10.0. The molecule has 0 aliphatic rings. The van der Waals surface area contributed by atoms with Gasteiger partial charge in [0.2, 0.25) is 12.2 Å². The number of carbonyl (C=O) groups excluding carboxylic acids is 2. The molecular weight excluding hydrogens is 274 g/mol. The van der Waals surface area contributed by atoms with E-state index in [4.69, 9.17) is 0 Å². The van der Waals surface area contributed by atoms with Crippen LogP contribution in [0.1, 0.15) is 63.9 Å². The third-order valence-electron chi connectivity index (χ3n) is 3.77. The van der Waals surface area contributed by atoms with Crippen molar-refractivity contribution in [3.63, 3.8) is 0 Å². The van der Waals surface area contributed by atoms with Gasteiger partial charge < -0.3 is 5.32 Å². The van der Waals surface area contributed by atoms with Crippen molar-refractivity contribution in [3.05, 3.63) is 35.9 Å². The lowest BCUT2D eigenvalue weighted by molar-refractivity contribution is -0.121. The summed E-state index contributed by atoms with van der Waals surface area (Å²) >= 11 is 0. The van der Waals surface area contributed by atoms with Crippen LogP contribution in [0.15, 0.2) is 30.3 Å². The first-order chi connectivity index (χ1) is 10.8. The van der Waals surface area contributed by atoms with Gasteiger partial charge in [-0.1, -0.05) is 75.8 Å². The van der Waals surface area contributed by atoms with E-state index >= 15 is 0 Å². The monoisotopic (exact) mass is 302 g/mol. The lowest BCUT2D eigenvalue weighted by Gasteiger charge is -2.12. The first-order valence-corrected chi connectivity index (χ1v) is 8.47. The fourth-order valence-electron chi connectivity index (χ4n) is 2.48. The van der Waals surface area contributed by atoms with Gasteiger partial charge >= 0.3 is 0 Å². The summed E-state index contributed by atoms with van der Waals surface area (Å²) < 4.78 is 0. The number of rotatable bonds is 12. The summed E-state index contributed by atoms with van der Waals surface area (Å²) in [6, 6.07) is 9.15. The number of hydrogen-bond donors (Lipinski definition) is 1. The lowest BCUT2D eigenvalue weighted by atomic mass is 10.1. The maximum Gasteiger partial charge on any atom is 0.223 e. The molecule has 3 nitrogen and oxygen atoms in total. The van der Waals surface area contributed by atoms with Crippen LogP contribution in [-0.4, -0.2) is 18.2 Å².